The molecule has 2 aromatic rings. The normalized spacial score (nSPS) is 16.8. The van der Waals surface area contributed by atoms with E-state index in [0.29, 0.717) is 16.5 Å². The van der Waals surface area contributed by atoms with Gasteiger partial charge >= 0.3 is 0 Å². The monoisotopic (exact) mass is 299 g/mol. The van der Waals surface area contributed by atoms with E-state index in [0.717, 1.165) is 0 Å². The van der Waals surface area contributed by atoms with Gasteiger partial charge in [0.1, 0.15) is 0 Å². The van der Waals surface area contributed by atoms with Crippen molar-refractivity contribution < 1.29 is 13.9 Å². The van der Waals surface area contributed by atoms with Crippen LogP contribution in [0, 0.1) is 0 Å². The van der Waals surface area contributed by atoms with Gasteiger partial charge in [0.25, 0.3) is 0 Å². The number of aromatic amines is 1. The standard InChI is InChI=1S/C14H21N3O2S/c1-15-20(18,19)10-11-4-5-14-13(8-11)12(9-16-14)6-7-17(2)3/h4-5,8-9,15-16H,6-7,10H2,1-3H3/i7D2,10D2. The van der Waals surface area contributed by atoms with Crippen LogP contribution in [0.2, 0.25) is 0 Å². The van der Waals surface area contributed by atoms with Gasteiger partial charge in [0.2, 0.25) is 10.0 Å². The van der Waals surface area contributed by atoms with Gasteiger partial charge in [-0.2, -0.15) is 0 Å². The van der Waals surface area contributed by atoms with E-state index in [1.165, 1.54) is 24.1 Å². The van der Waals surface area contributed by atoms with Crippen molar-refractivity contribution in [3.8, 4) is 0 Å². The van der Waals surface area contributed by atoms with Crippen LogP contribution in [0.15, 0.2) is 24.4 Å². The van der Waals surface area contributed by atoms with Crippen LogP contribution in [-0.2, 0) is 22.1 Å². The van der Waals surface area contributed by atoms with Crippen LogP contribution in [0.4, 0.5) is 0 Å². The minimum atomic E-state index is -4.17. The largest absolute Gasteiger partial charge is 0.361 e. The summed E-state index contributed by atoms with van der Waals surface area (Å²) in [5.74, 6) is 0. The fourth-order valence-electron chi connectivity index (χ4n) is 1.84. The molecule has 0 amide bonds. The van der Waals surface area contributed by atoms with E-state index in [4.69, 9.17) is 5.48 Å². The molecule has 1 heterocycles. The highest BCUT2D eigenvalue weighted by Gasteiger charge is 2.11. The Bertz CT molecular complexity index is 847. The van der Waals surface area contributed by atoms with Crippen LogP contribution in [0.25, 0.3) is 10.9 Å². The lowest BCUT2D eigenvalue weighted by Crippen LogP contribution is -2.20. The number of likely N-dealkylation sites (N-methyl/N-ethyl adjacent to an activating group) is 1. The van der Waals surface area contributed by atoms with Crippen molar-refractivity contribution in [3.05, 3.63) is 35.5 Å². The second kappa shape index (κ2) is 5.95. The number of aromatic nitrogens is 1. The molecule has 0 saturated heterocycles. The lowest BCUT2D eigenvalue weighted by atomic mass is 10.1. The maximum atomic E-state index is 11.9. The molecule has 0 radical (unpaired) electrons. The number of rotatable bonds is 6. The summed E-state index contributed by atoms with van der Waals surface area (Å²) >= 11 is 0. The predicted octanol–water partition coefficient (Wildman–Crippen LogP) is 1.32. The van der Waals surface area contributed by atoms with Crippen LogP contribution in [0.5, 0.6) is 0 Å². The number of hydrogen-bond acceptors (Lipinski definition) is 3. The first-order valence-electron chi connectivity index (χ1n) is 8.13. The topological polar surface area (TPSA) is 65.2 Å². The molecule has 1 aromatic carbocycles. The third-order valence-electron chi connectivity index (χ3n) is 2.87. The molecule has 0 atom stereocenters. The number of nitrogens with one attached hydrogen (secondary N) is 2. The van der Waals surface area contributed by atoms with Crippen LogP contribution in [-0.4, -0.2) is 45.9 Å². The van der Waals surface area contributed by atoms with E-state index in [1.54, 1.807) is 26.4 Å². The van der Waals surface area contributed by atoms with Crippen molar-refractivity contribution in [1.82, 2.24) is 14.6 Å². The Morgan fingerprint density at radius 2 is 2.15 bits per heavy atom. The molecule has 20 heavy (non-hydrogen) atoms. The van der Waals surface area contributed by atoms with Gasteiger partial charge in [0, 0.05) is 29.1 Å². The van der Waals surface area contributed by atoms with Crippen molar-refractivity contribution in [2.75, 3.05) is 27.6 Å². The zero-order valence-electron chi connectivity index (χ0n) is 15.7. The van der Waals surface area contributed by atoms with Gasteiger partial charge in [-0.3, -0.25) is 0 Å². The molecular weight excluding hydrogens is 274 g/mol. The molecule has 6 heteroatoms. The minimum Gasteiger partial charge on any atom is -0.361 e. The molecule has 0 saturated carbocycles. The number of nitrogens with zero attached hydrogens (tertiary/aromatic N) is 1. The molecule has 1 aromatic heterocycles. The fraction of sp³-hybridized carbons (Fsp3) is 0.429. The van der Waals surface area contributed by atoms with Crippen molar-refractivity contribution in [2.45, 2.75) is 12.1 Å². The molecule has 0 aliphatic heterocycles. The second-order valence-corrected chi connectivity index (χ2v) is 6.23. The average molecular weight is 299 g/mol. The summed E-state index contributed by atoms with van der Waals surface area (Å²) in [7, 11) is 0.267. The molecule has 0 fully saturated rings. The number of H-pyrrole nitrogens is 1. The predicted molar refractivity (Wildman–Crippen MR) is 82.2 cm³/mol. The van der Waals surface area contributed by atoms with Gasteiger partial charge in [0.05, 0.1) is 5.70 Å². The number of hydrogen-bond donors (Lipinski definition) is 2. The molecular formula is C14H21N3O2S. The summed E-state index contributed by atoms with van der Waals surface area (Å²) in [4.78, 5) is 4.47. The van der Waals surface area contributed by atoms with Gasteiger partial charge in [-0.15, -0.1) is 0 Å². The van der Waals surface area contributed by atoms with Crippen LogP contribution in [0.1, 0.15) is 16.6 Å². The van der Waals surface area contributed by atoms with Gasteiger partial charge in [0.15, 0.2) is 0 Å². The lowest BCUT2D eigenvalue weighted by Gasteiger charge is -2.08. The second-order valence-electron chi connectivity index (χ2n) is 4.61. The molecule has 0 aliphatic carbocycles. The molecule has 0 unspecified atom stereocenters. The maximum Gasteiger partial charge on any atom is 0.215 e. The maximum absolute atomic E-state index is 11.9. The zero-order chi connectivity index (χ0) is 18.3. The number of aryl methyl sites for hydroxylation is 1. The Morgan fingerprint density at radius 3 is 2.80 bits per heavy atom. The highest BCUT2D eigenvalue weighted by Crippen LogP contribution is 2.21. The molecule has 5 nitrogen and oxygen atoms in total. The van der Waals surface area contributed by atoms with Crippen LogP contribution < -0.4 is 4.72 Å². The van der Waals surface area contributed by atoms with Crippen molar-refractivity contribution in [1.29, 1.82) is 0 Å². The first-order chi connectivity index (χ1) is 10.9. The molecule has 0 bridgehead atoms. The first-order valence-corrected chi connectivity index (χ1v) is 7.62. The Balaban J connectivity index is 2.54. The smallest absolute Gasteiger partial charge is 0.215 e. The zero-order valence-corrected chi connectivity index (χ0v) is 12.5. The Kier molecular flexibility index (Phi) is 3.08. The van der Waals surface area contributed by atoms with E-state index in [2.05, 4.69) is 4.98 Å². The van der Waals surface area contributed by atoms with Gasteiger partial charge in [-0.1, -0.05) is 6.07 Å². The minimum absolute atomic E-state index is 0.00406. The summed E-state index contributed by atoms with van der Waals surface area (Å²) in [6.07, 6.45) is 1.75. The third-order valence-corrected chi connectivity index (χ3v) is 3.92. The Labute approximate surface area is 125 Å². The summed E-state index contributed by atoms with van der Waals surface area (Å²) in [6.45, 7) is -1.58. The van der Waals surface area contributed by atoms with E-state index in [1.807, 2.05) is 4.72 Å². The van der Waals surface area contributed by atoms with Crippen molar-refractivity contribution in [2.24, 2.45) is 0 Å². The van der Waals surface area contributed by atoms with Crippen LogP contribution >= 0.6 is 0 Å². The number of benzene rings is 1. The van der Waals surface area contributed by atoms with Crippen molar-refractivity contribution >= 4 is 20.9 Å². The number of fused-ring (bicyclic) bond motifs is 1. The lowest BCUT2D eigenvalue weighted by molar-refractivity contribution is 0.414. The van der Waals surface area contributed by atoms with E-state index in [-0.39, 0.29) is 12.0 Å². The van der Waals surface area contributed by atoms with E-state index in [9.17, 15) is 8.42 Å². The van der Waals surface area contributed by atoms with Crippen molar-refractivity contribution in [3.63, 3.8) is 0 Å². The SMILES string of the molecule is [2H]C([2H])(Cc1c[nH]c2ccc(C([2H])([2H])S(=O)(=O)NC)cc12)N(C)C. The Hall–Kier alpha value is -1.37. The van der Waals surface area contributed by atoms with E-state index >= 15 is 0 Å². The molecule has 0 spiro atoms. The van der Waals surface area contributed by atoms with Gasteiger partial charge < -0.3 is 9.88 Å². The summed E-state index contributed by atoms with van der Waals surface area (Å²) < 4.78 is 57.8. The van der Waals surface area contributed by atoms with Gasteiger partial charge in [-0.25, -0.2) is 13.1 Å². The Morgan fingerprint density at radius 1 is 1.40 bits per heavy atom. The summed E-state index contributed by atoms with van der Waals surface area (Å²) in [6, 6.07) is 4.47. The van der Waals surface area contributed by atoms with Crippen LogP contribution in [0.3, 0.4) is 0 Å². The highest BCUT2D eigenvalue weighted by atomic mass is 32.2. The summed E-state index contributed by atoms with van der Waals surface area (Å²) in [5, 5.41) is 0.605. The van der Waals surface area contributed by atoms with E-state index < -0.39 is 22.2 Å². The van der Waals surface area contributed by atoms with Gasteiger partial charge in [-0.05, 0) is 50.8 Å². The molecule has 110 valence electrons. The molecule has 0 aliphatic rings. The fourth-order valence-corrected chi connectivity index (χ4v) is 2.38. The number of sulfonamides is 1. The third kappa shape index (κ3) is 3.59. The first kappa shape index (κ1) is 10.4. The summed E-state index contributed by atoms with van der Waals surface area (Å²) in [5.41, 5.74) is -1.25. The highest BCUT2D eigenvalue weighted by molar-refractivity contribution is 7.88. The quantitative estimate of drug-likeness (QED) is 0.845. The molecule has 2 N–H and O–H groups in total. The average Bonchev–Trinajstić information content (AvgIpc) is 2.88. The molecule has 2 rings (SSSR count).